The minimum atomic E-state index is 1.27. The van der Waals surface area contributed by atoms with Gasteiger partial charge in [-0.2, -0.15) is 0 Å². The Morgan fingerprint density at radius 3 is 0.921 bits per heavy atom. The quantitative estimate of drug-likeness (QED) is 0.0956. The molecule has 2 rings (SSSR count). The second-order valence-electron chi connectivity index (χ2n) is 11.9. The Kier molecular flexibility index (Phi) is 21.4. The van der Waals surface area contributed by atoms with Gasteiger partial charge in [0.15, 0.2) is 0 Å². The van der Waals surface area contributed by atoms with E-state index in [1.807, 2.05) is 22.7 Å². The van der Waals surface area contributed by atoms with Gasteiger partial charge in [0.25, 0.3) is 0 Å². The summed E-state index contributed by atoms with van der Waals surface area (Å²) in [5.41, 5.74) is 3.13. The van der Waals surface area contributed by atoms with E-state index in [0.29, 0.717) is 0 Å². The summed E-state index contributed by atoms with van der Waals surface area (Å²) in [5, 5.41) is 4.83. The van der Waals surface area contributed by atoms with Crippen LogP contribution in [0.3, 0.4) is 0 Å². The normalized spacial score (nSPS) is 11.5. The third-order valence-corrected chi connectivity index (χ3v) is 10.3. The summed E-state index contributed by atoms with van der Waals surface area (Å²) in [6.45, 7) is 4.61. The Morgan fingerprint density at radius 1 is 0.368 bits per heavy atom. The third-order valence-electron chi connectivity index (χ3n) is 8.19. The molecule has 2 heterocycles. The van der Waals surface area contributed by atoms with E-state index in [1.54, 1.807) is 11.1 Å². The first-order chi connectivity index (χ1) is 18.8. The van der Waals surface area contributed by atoms with E-state index < -0.39 is 0 Å². The lowest BCUT2D eigenvalue weighted by molar-refractivity contribution is 0.544. The molecular formula is C36H62S2. The van der Waals surface area contributed by atoms with E-state index in [2.05, 4.69) is 36.7 Å². The molecule has 0 atom stereocenters. The Balaban J connectivity index is 1.44. The number of thiophene rings is 2. The van der Waals surface area contributed by atoms with Gasteiger partial charge in [-0.25, -0.2) is 0 Å². The van der Waals surface area contributed by atoms with Gasteiger partial charge in [0.1, 0.15) is 0 Å². The molecule has 2 aromatic heterocycles. The van der Waals surface area contributed by atoms with E-state index in [-0.39, 0.29) is 0 Å². The number of rotatable bonds is 27. The maximum Gasteiger partial charge on any atom is 0.0445 e. The van der Waals surface area contributed by atoms with Crippen LogP contribution in [-0.4, -0.2) is 0 Å². The van der Waals surface area contributed by atoms with Crippen molar-refractivity contribution < 1.29 is 0 Å². The van der Waals surface area contributed by atoms with Crippen molar-refractivity contribution in [1.29, 1.82) is 0 Å². The van der Waals surface area contributed by atoms with Crippen molar-refractivity contribution in [1.82, 2.24) is 0 Å². The average molecular weight is 559 g/mol. The largest absolute Gasteiger partial charge is 0.143 e. The predicted octanol–water partition coefficient (Wildman–Crippen LogP) is 14.0. The second kappa shape index (κ2) is 24.2. The smallest absolute Gasteiger partial charge is 0.0445 e. The molecule has 0 aliphatic rings. The fraction of sp³-hybridized carbons (Fsp3) is 0.778. The Hall–Kier alpha value is -0.600. The van der Waals surface area contributed by atoms with Gasteiger partial charge in [-0.15, -0.1) is 22.7 Å². The van der Waals surface area contributed by atoms with Crippen LogP contribution in [0.4, 0.5) is 0 Å². The molecule has 0 aliphatic heterocycles. The van der Waals surface area contributed by atoms with Gasteiger partial charge in [-0.3, -0.25) is 0 Å². The van der Waals surface area contributed by atoms with Gasteiger partial charge in [-0.05, 0) is 59.7 Å². The lowest BCUT2D eigenvalue weighted by atomic mass is 10.0. The lowest BCUT2D eigenvalue weighted by Gasteiger charge is -2.02. The summed E-state index contributed by atoms with van der Waals surface area (Å²) < 4.78 is 0. The molecule has 0 fully saturated rings. The van der Waals surface area contributed by atoms with Crippen molar-refractivity contribution in [3.63, 3.8) is 0 Å². The molecule has 2 heteroatoms. The van der Waals surface area contributed by atoms with Gasteiger partial charge in [0, 0.05) is 9.75 Å². The highest BCUT2D eigenvalue weighted by molar-refractivity contribution is 7.20. The molecular weight excluding hydrogens is 497 g/mol. The molecule has 0 aromatic carbocycles. The van der Waals surface area contributed by atoms with Gasteiger partial charge >= 0.3 is 0 Å². The summed E-state index contributed by atoms with van der Waals surface area (Å²) in [6.07, 6.45) is 36.9. The first-order valence-electron chi connectivity index (χ1n) is 17.0. The molecule has 0 nitrogen and oxygen atoms in total. The fourth-order valence-corrected chi connectivity index (χ4v) is 7.62. The van der Waals surface area contributed by atoms with Gasteiger partial charge in [-0.1, -0.05) is 155 Å². The van der Waals surface area contributed by atoms with Gasteiger partial charge in [0.2, 0.25) is 0 Å². The van der Waals surface area contributed by atoms with Crippen molar-refractivity contribution in [2.75, 3.05) is 0 Å². The summed E-state index contributed by atoms with van der Waals surface area (Å²) in [6, 6.07) is 4.95. The molecule has 0 N–H and O–H groups in total. The van der Waals surface area contributed by atoms with Crippen molar-refractivity contribution in [2.45, 2.75) is 181 Å². The summed E-state index contributed by atoms with van der Waals surface area (Å²) in [7, 11) is 0. The van der Waals surface area contributed by atoms with Crippen molar-refractivity contribution in [3.8, 4) is 9.75 Å². The summed E-state index contributed by atoms with van der Waals surface area (Å²) >= 11 is 3.91. The minimum absolute atomic E-state index is 1.27. The Bertz CT molecular complexity index is 691. The molecule has 38 heavy (non-hydrogen) atoms. The minimum Gasteiger partial charge on any atom is -0.143 e. The molecule has 0 bridgehead atoms. The zero-order valence-electron chi connectivity index (χ0n) is 25.5. The summed E-state index contributed by atoms with van der Waals surface area (Å²) in [4.78, 5) is 2.98. The zero-order valence-corrected chi connectivity index (χ0v) is 27.1. The zero-order chi connectivity index (χ0) is 26.9. The first kappa shape index (κ1) is 33.6. The van der Waals surface area contributed by atoms with Crippen LogP contribution in [-0.2, 0) is 12.8 Å². The van der Waals surface area contributed by atoms with Crippen LogP contribution in [0.5, 0.6) is 0 Å². The standard InChI is InChI=1S/C36H62S2/c1-3-5-7-9-11-13-15-17-19-21-23-25-27-33-29-35(37-31-33)36-30-34(32-38-36)28-26-24-22-20-18-16-14-12-10-8-6-4-2/h29-32H,3-28H2,1-2H3. The molecule has 0 saturated carbocycles. The molecule has 0 amide bonds. The van der Waals surface area contributed by atoms with E-state index in [4.69, 9.17) is 0 Å². The lowest BCUT2D eigenvalue weighted by Crippen LogP contribution is -1.85. The topological polar surface area (TPSA) is 0 Å². The molecule has 0 spiro atoms. The van der Waals surface area contributed by atoms with Crippen molar-refractivity contribution in [2.24, 2.45) is 0 Å². The third kappa shape index (κ3) is 17.2. The number of hydrogen-bond acceptors (Lipinski definition) is 2. The Morgan fingerprint density at radius 2 is 0.632 bits per heavy atom. The number of unbranched alkanes of at least 4 members (excludes halogenated alkanes) is 22. The van der Waals surface area contributed by atoms with Crippen LogP contribution >= 0.6 is 22.7 Å². The van der Waals surface area contributed by atoms with Crippen molar-refractivity contribution in [3.05, 3.63) is 34.0 Å². The highest BCUT2D eigenvalue weighted by atomic mass is 32.1. The molecule has 0 aliphatic carbocycles. The molecule has 0 unspecified atom stereocenters. The predicted molar refractivity (Wildman–Crippen MR) is 177 cm³/mol. The first-order valence-corrected chi connectivity index (χ1v) is 18.7. The van der Waals surface area contributed by atoms with Gasteiger partial charge < -0.3 is 0 Å². The van der Waals surface area contributed by atoms with E-state index in [0.717, 1.165) is 0 Å². The van der Waals surface area contributed by atoms with Gasteiger partial charge in [0.05, 0.1) is 0 Å². The second-order valence-corrected chi connectivity index (χ2v) is 13.7. The van der Waals surface area contributed by atoms with Crippen LogP contribution < -0.4 is 0 Å². The van der Waals surface area contributed by atoms with Crippen LogP contribution in [0.1, 0.15) is 179 Å². The molecule has 218 valence electrons. The maximum atomic E-state index is 2.47. The summed E-state index contributed by atoms with van der Waals surface area (Å²) in [5.74, 6) is 0. The Labute approximate surface area is 246 Å². The SMILES string of the molecule is CCCCCCCCCCCCCCc1csc(-c2cc(CCCCCCCCCCCCCC)cs2)c1. The van der Waals surface area contributed by atoms with E-state index >= 15 is 0 Å². The van der Waals surface area contributed by atoms with Crippen molar-refractivity contribution >= 4 is 22.7 Å². The van der Waals surface area contributed by atoms with E-state index in [1.165, 1.54) is 177 Å². The molecule has 2 aromatic rings. The highest BCUT2D eigenvalue weighted by Crippen LogP contribution is 2.33. The molecule has 0 radical (unpaired) electrons. The number of hydrogen-bond donors (Lipinski definition) is 0. The van der Waals surface area contributed by atoms with Crippen LogP contribution in [0.25, 0.3) is 9.75 Å². The van der Waals surface area contributed by atoms with Crippen LogP contribution in [0, 0.1) is 0 Å². The van der Waals surface area contributed by atoms with E-state index in [9.17, 15) is 0 Å². The van der Waals surface area contributed by atoms with Crippen LogP contribution in [0.2, 0.25) is 0 Å². The average Bonchev–Trinajstić information content (AvgIpc) is 3.60. The maximum absolute atomic E-state index is 2.47. The van der Waals surface area contributed by atoms with Crippen LogP contribution in [0.15, 0.2) is 22.9 Å². The number of aryl methyl sites for hydroxylation is 2. The highest BCUT2D eigenvalue weighted by Gasteiger charge is 2.07. The monoisotopic (exact) mass is 558 g/mol. The molecule has 0 saturated heterocycles. The fourth-order valence-electron chi connectivity index (χ4n) is 5.61.